The van der Waals surface area contributed by atoms with E-state index < -0.39 is 6.61 Å². The predicted octanol–water partition coefficient (Wildman–Crippen LogP) is 5.07. The van der Waals surface area contributed by atoms with Gasteiger partial charge in [0, 0.05) is 60.5 Å². The molecule has 0 bridgehead atoms. The van der Waals surface area contributed by atoms with Crippen LogP contribution < -0.4 is 9.64 Å². The van der Waals surface area contributed by atoms with Crippen molar-refractivity contribution in [3.05, 3.63) is 71.9 Å². The zero-order chi connectivity index (χ0) is 26.6. The monoisotopic (exact) mass is 521 g/mol. The molecule has 1 saturated heterocycles. The number of benzene rings is 1. The van der Waals surface area contributed by atoms with Gasteiger partial charge in [0.05, 0.1) is 18.7 Å². The van der Waals surface area contributed by atoms with Crippen LogP contribution >= 0.6 is 0 Å². The van der Waals surface area contributed by atoms with E-state index in [1.165, 1.54) is 7.11 Å². The number of methoxy groups -OCH3 is 1. The van der Waals surface area contributed by atoms with Gasteiger partial charge in [0.1, 0.15) is 11.4 Å². The predicted molar refractivity (Wildman–Crippen MR) is 138 cm³/mol. The van der Waals surface area contributed by atoms with E-state index in [1.807, 2.05) is 29.7 Å². The van der Waals surface area contributed by atoms with Crippen LogP contribution in [0.5, 0.6) is 5.75 Å². The average Bonchev–Trinajstić information content (AvgIpc) is 3.07. The first kappa shape index (κ1) is 25.6. The fourth-order valence-electron chi connectivity index (χ4n) is 4.97. The van der Waals surface area contributed by atoms with Crippen LogP contribution in [0.15, 0.2) is 55.0 Å². The van der Waals surface area contributed by atoms with Gasteiger partial charge in [0.2, 0.25) is 5.95 Å². The molecule has 0 saturated carbocycles. The molecule has 0 amide bonds. The Hall–Kier alpha value is -4.08. The number of para-hydroxylation sites is 1. The summed E-state index contributed by atoms with van der Waals surface area (Å²) in [6, 6.07) is 10.7. The SMILES string of the molecule is COC(=O)C1CCCN(c2ncc(-c3ccc4nc(C)c(Cc5ccccc5OC(F)F)n4c3)cn2)CC1. The van der Waals surface area contributed by atoms with Crippen molar-refractivity contribution in [2.45, 2.75) is 39.2 Å². The van der Waals surface area contributed by atoms with E-state index in [0.29, 0.717) is 30.9 Å². The van der Waals surface area contributed by atoms with E-state index in [9.17, 15) is 13.6 Å². The van der Waals surface area contributed by atoms with Crippen molar-refractivity contribution in [1.82, 2.24) is 19.4 Å². The lowest BCUT2D eigenvalue weighted by Gasteiger charge is -2.20. The minimum absolute atomic E-state index is 0.0854. The van der Waals surface area contributed by atoms with Crippen LogP contribution in [0.1, 0.15) is 36.2 Å². The van der Waals surface area contributed by atoms with Crippen molar-refractivity contribution in [2.75, 3.05) is 25.1 Å². The molecular weight excluding hydrogens is 492 g/mol. The van der Waals surface area contributed by atoms with Gasteiger partial charge in [-0.1, -0.05) is 18.2 Å². The molecule has 1 aliphatic rings. The maximum atomic E-state index is 12.9. The number of hydrogen-bond acceptors (Lipinski definition) is 7. The molecule has 5 rings (SSSR count). The summed E-state index contributed by atoms with van der Waals surface area (Å²) >= 11 is 0. The number of fused-ring (bicyclic) bond motifs is 1. The van der Waals surface area contributed by atoms with Crippen LogP contribution in [-0.4, -0.2) is 52.1 Å². The smallest absolute Gasteiger partial charge is 0.387 e. The highest BCUT2D eigenvalue weighted by Crippen LogP contribution is 2.28. The second kappa shape index (κ2) is 11.1. The van der Waals surface area contributed by atoms with Crippen molar-refractivity contribution < 1.29 is 23.0 Å². The van der Waals surface area contributed by atoms with Crippen molar-refractivity contribution >= 4 is 17.6 Å². The Morgan fingerprint density at radius 3 is 2.63 bits per heavy atom. The number of imidazole rings is 1. The molecule has 38 heavy (non-hydrogen) atoms. The highest BCUT2D eigenvalue weighted by molar-refractivity contribution is 5.72. The molecule has 1 fully saturated rings. The Kier molecular flexibility index (Phi) is 7.48. The van der Waals surface area contributed by atoms with Gasteiger partial charge in [-0.3, -0.25) is 4.79 Å². The third kappa shape index (κ3) is 5.44. The summed E-state index contributed by atoms with van der Waals surface area (Å²) in [5, 5.41) is 0. The normalized spacial score (nSPS) is 16.0. The lowest BCUT2D eigenvalue weighted by Crippen LogP contribution is -2.26. The summed E-state index contributed by atoms with van der Waals surface area (Å²) in [4.78, 5) is 27.9. The van der Waals surface area contributed by atoms with Gasteiger partial charge in [-0.25, -0.2) is 15.0 Å². The molecule has 0 N–H and O–H groups in total. The molecule has 3 aromatic heterocycles. The number of rotatable bonds is 7. The van der Waals surface area contributed by atoms with E-state index in [4.69, 9.17) is 9.47 Å². The molecule has 1 atom stereocenters. The molecule has 1 unspecified atom stereocenters. The number of carbonyl (C=O) groups excluding carboxylic acids is 1. The van der Waals surface area contributed by atoms with Gasteiger partial charge in [-0.15, -0.1) is 0 Å². The van der Waals surface area contributed by atoms with Crippen molar-refractivity contribution in [3.63, 3.8) is 0 Å². The fraction of sp³-hybridized carbons (Fsp3) is 0.357. The van der Waals surface area contributed by atoms with Crippen LogP contribution in [0.4, 0.5) is 14.7 Å². The number of ether oxygens (including phenoxy) is 2. The third-order valence-corrected chi connectivity index (χ3v) is 6.98. The van der Waals surface area contributed by atoms with Crippen molar-refractivity contribution in [3.8, 4) is 16.9 Å². The van der Waals surface area contributed by atoms with Crippen LogP contribution in [-0.2, 0) is 16.0 Å². The zero-order valence-electron chi connectivity index (χ0n) is 21.3. The number of anilines is 1. The quantitative estimate of drug-likeness (QED) is 0.314. The molecule has 1 aromatic carbocycles. The van der Waals surface area contributed by atoms with E-state index in [-0.39, 0.29) is 17.6 Å². The fourth-order valence-corrected chi connectivity index (χ4v) is 4.97. The van der Waals surface area contributed by atoms with Gasteiger partial charge in [0.25, 0.3) is 0 Å². The Labute approximate surface area is 219 Å². The Bertz CT molecular complexity index is 1420. The Morgan fingerprint density at radius 2 is 1.87 bits per heavy atom. The zero-order valence-corrected chi connectivity index (χ0v) is 21.3. The number of nitrogens with zero attached hydrogens (tertiary/aromatic N) is 5. The number of aryl methyl sites for hydroxylation is 1. The van der Waals surface area contributed by atoms with Crippen LogP contribution in [0.2, 0.25) is 0 Å². The minimum Gasteiger partial charge on any atom is -0.469 e. The van der Waals surface area contributed by atoms with Gasteiger partial charge in [-0.05, 0) is 44.4 Å². The lowest BCUT2D eigenvalue weighted by atomic mass is 10.0. The number of carbonyl (C=O) groups is 1. The number of pyridine rings is 1. The van der Waals surface area contributed by atoms with E-state index in [2.05, 4.69) is 19.9 Å². The minimum atomic E-state index is -2.89. The van der Waals surface area contributed by atoms with Crippen LogP contribution in [0.3, 0.4) is 0 Å². The molecule has 0 spiro atoms. The number of alkyl halides is 2. The lowest BCUT2D eigenvalue weighted by molar-refractivity contribution is -0.145. The average molecular weight is 522 g/mol. The van der Waals surface area contributed by atoms with E-state index in [1.54, 1.807) is 36.7 Å². The first-order valence-corrected chi connectivity index (χ1v) is 12.6. The standard InChI is InChI=1S/C28H29F2N5O3/c1-18-23(14-20-6-3-4-8-24(20)38-27(29)30)35-17-21(9-10-25(35)33-18)22-15-31-28(32-16-22)34-12-5-7-19(11-13-34)26(36)37-2/h3-4,6,8-10,15-17,19,27H,5,7,11-14H2,1-2H3. The highest BCUT2D eigenvalue weighted by Gasteiger charge is 2.24. The van der Waals surface area contributed by atoms with Gasteiger partial charge in [-0.2, -0.15) is 8.78 Å². The molecule has 4 aromatic rings. The number of esters is 1. The van der Waals surface area contributed by atoms with E-state index in [0.717, 1.165) is 47.5 Å². The maximum absolute atomic E-state index is 12.9. The van der Waals surface area contributed by atoms with Crippen LogP contribution in [0.25, 0.3) is 16.8 Å². The summed E-state index contributed by atoms with van der Waals surface area (Å²) in [7, 11) is 1.43. The van der Waals surface area contributed by atoms with Gasteiger partial charge >= 0.3 is 12.6 Å². The molecule has 1 aliphatic heterocycles. The van der Waals surface area contributed by atoms with Gasteiger partial charge < -0.3 is 18.8 Å². The summed E-state index contributed by atoms with van der Waals surface area (Å²) in [5.41, 5.74) is 4.86. The summed E-state index contributed by atoms with van der Waals surface area (Å²) in [6.07, 6.45) is 8.32. The molecule has 4 heterocycles. The summed E-state index contributed by atoms with van der Waals surface area (Å²) < 4.78 is 37.4. The second-order valence-corrected chi connectivity index (χ2v) is 9.36. The number of aromatic nitrogens is 4. The van der Waals surface area contributed by atoms with Gasteiger partial charge in [0.15, 0.2) is 0 Å². The first-order valence-electron chi connectivity index (χ1n) is 12.6. The first-order chi connectivity index (χ1) is 18.4. The molecule has 0 aliphatic carbocycles. The van der Waals surface area contributed by atoms with E-state index >= 15 is 0 Å². The Morgan fingerprint density at radius 1 is 1.08 bits per heavy atom. The molecule has 8 nitrogen and oxygen atoms in total. The third-order valence-electron chi connectivity index (χ3n) is 6.98. The largest absolute Gasteiger partial charge is 0.469 e. The number of halogens is 2. The topological polar surface area (TPSA) is 81.8 Å². The summed E-state index contributed by atoms with van der Waals surface area (Å²) in [5.74, 6) is 0.550. The maximum Gasteiger partial charge on any atom is 0.387 e. The molecule has 0 radical (unpaired) electrons. The number of hydrogen-bond donors (Lipinski definition) is 0. The Balaban J connectivity index is 1.38. The molecule has 198 valence electrons. The molecular formula is C28H29F2N5O3. The van der Waals surface area contributed by atoms with Crippen molar-refractivity contribution in [2.24, 2.45) is 5.92 Å². The van der Waals surface area contributed by atoms with Crippen LogP contribution in [0, 0.1) is 12.8 Å². The highest BCUT2D eigenvalue weighted by atomic mass is 19.3. The second-order valence-electron chi connectivity index (χ2n) is 9.36. The molecule has 10 heteroatoms. The summed E-state index contributed by atoms with van der Waals surface area (Å²) in [6.45, 7) is 0.493. The van der Waals surface area contributed by atoms with Crippen molar-refractivity contribution in [1.29, 1.82) is 0 Å².